The molecule has 0 radical (unpaired) electrons. The lowest BCUT2D eigenvalue weighted by atomic mass is 10.0. The third-order valence-corrected chi connectivity index (χ3v) is 4.57. The van der Waals surface area contributed by atoms with Crippen molar-refractivity contribution in [1.29, 1.82) is 0 Å². The molecule has 2 aromatic rings. The van der Waals surface area contributed by atoms with Crippen LogP contribution < -0.4 is 5.73 Å². The molecule has 0 spiro atoms. The Morgan fingerprint density at radius 3 is 2.46 bits per heavy atom. The first-order chi connectivity index (χ1) is 13.4. The van der Waals surface area contributed by atoms with Gasteiger partial charge in [-0.2, -0.15) is 8.42 Å². The summed E-state index contributed by atoms with van der Waals surface area (Å²) in [5.74, 6) is -2.83. The van der Waals surface area contributed by atoms with Crippen molar-refractivity contribution in [2.45, 2.75) is 18.7 Å². The SMILES string of the molecule is [2H]C([2H])(c1ccc(Cl)cc1)S(=O)(=O)OC1=C(N)O[C@]([2H])(c2ccc(C)cc2)C1=O. The standard InChI is InChI=1S/C18H16ClNO5S/c1-11-2-6-13(7-3-11)16-15(21)17(18(20)24-16)25-26(22,23)10-12-4-8-14(19)9-5-12/h2-9,16H,10,20H2,1H3/t16-/m1/s1/i10D2,16D. The number of ketones is 1. The molecule has 0 aromatic heterocycles. The first kappa shape index (κ1) is 14.6. The van der Waals surface area contributed by atoms with Gasteiger partial charge in [0, 0.05) is 10.6 Å². The van der Waals surface area contributed by atoms with E-state index in [0.29, 0.717) is 0 Å². The predicted molar refractivity (Wildman–Crippen MR) is 96.4 cm³/mol. The van der Waals surface area contributed by atoms with Crippen molar-refractivity contribution in [2.75, 3.05) is 0 Å². The van der Waals surface area contributed by atoms with Gasteiger partial charge in [0.25, 0.3) is 0 Å². The summed E-state index contributed by atoms with van der Waals surface area (Å²) in [6.07, 6.45) is -2.34. The van der Waals surface area contributed by atoms with Crippen LogP contribution in [0.3, 0.4) is 0 Å². The Labute approximate surface area is 160 Å². The lowest BCUT2D eigenvalue weighted by Crippen LogP contribution is -2.16. The van der Waals surface area contributed by atoms with E-state index in [-0.39, 0.29) is 16.1 Å². The third-order valence-electron chi connectivity index (χ3n) is 3.44. The largest absolute Gasteiger partial charge is 0.460 e. The molecular weight excluding hydrogens is 378 g/mol. The average molecular weight is 397 g/mol. The van der Waals surface area contributed by atoms with Crippen molar-refractivity contribution in [1.82, 2.24) is 0 Å². The van der Waals surface area contributed by atoms with Crippen molar-refractivity contribution in [3.8, 4) is 0 Å². The molecule has 26 heavy (non-hydrogen) atoms. The highest BCUT2D eigenvalue weighted by molar-refractivity contribution is 7.86. The zero-order chi connectivity index (χ0) is 21.6. The number of hydrogen-bond donors (Lipinski definition) is 1. The maximum atomic E-state index is 12.7. The van der Waals surface area contributed by atoms with Crippen molar-refractivity contribution in [3.05, 3.63) is 81.9 Å². The molecule has 0 saturated heterocycles. The minimum absolute atomic E-state index is 0.118. The maximum absolute atomic E-state index is 12.7. The minimum Gasteiger partial charge on any atom is -0.460 e. The van der Waals surface area contributed by atoms with Gasteiger partial charge in [-0.3, -0.25) is 4.79 Å². The Kier molecular flexibility index (Phi) is 3.95. The van der Waals surface area contributed by atoms with Crippen LogP contribution in [0.4, 0.5) is 0 Å². The highest BCUT2D eigenvalue weighted by atomic mass is 35.5. The van der Waals surface area contributed by atoms with Gasteiger partial charge in [0.2, 0.25) is 17.4 Å². The molecule has 136 valence electrons. The summed E-state index contributed by atoms with van der Waals surface area (Å²) in [6.45, 7) is 1.81. The van der Waals surface area contributed by atoms with Crippen LogP contribution in [0.2, 0.25) is 5.02 Å². The average Bonchev–Trinajstić information content (AvgIpc) is 2.86. The number of carbonyl (C=O) groups excluding carboxylic acids is 1. The molecule has 1 aliphatic rings. The Hall–Kier alpha value is -2.51. The molecule has 3 rings (SSSR count). The summed E-state index contributed by atoms with van der Waals surface area (Å²) in [6, 6.07) is 11.2. The fourth-order valence-corrected chi connectivity index (χ4v) is 3.15. The third kappa shape index (κ3) is 4.00. The maximum Gasteiger partial charge on any atom is 0.313 e. The smallest absolute Gasteiger partial charge is 0.313 e. The molecule has 0 amide bonds. The first-order valence-electron chi connectivity index (χ1n) is 8.89. The number of rotatable bonds is 5. The Morgan fingerprint density at radius 1 is 1.23 bits per heavy atom. The first-order valence-corrected chi connectivity index (χ1v) is 9.18. The zero-order valence-corrected chi connectivity index (χ0v) is 15.1. The molecule has 2 aromatic carbocycles. The van der Waals surface area contributed by atoms with Crippen LogP contribution in [-0.4, -0.2) is 14.2 Å². The summed E-state index contributed by atoms with van der Waals surface area (Å²) >= 11 is 5.74. The van der Waals surface area contributed by atoms with E-state index < -0.39 is 39.3 Å². The highest BCUT2D eigenvalue weighted by Crippen LogP contribution is 2.32. The number of Topliss-reactive ketones (excluding diaryl/α,β-unsaturated/α-hetero) is 1. The van der Waals surface area contributed by atoms with Crippen LogP contribution in [0.1, 0.15) is 26.9 Å². The quantitative estimate of drug-likeness (QED) is 0.780. The molecule has 6 nitrogen and oxygen atoms in total. The summed E-state index contributed by atoms with van der Waals surface area (Å²) in [5.41, 5.74) is 3.31. The van der Waals surface area contributed by atoms with Gasteiger partial charge < -0.3 is 14.7 Å². The predicted octanol–water partition coefficient (Wildman–Crippen LogP) is 2.96. The highest BCUT2D eigenvalue weighted by Gasteiger charge is 2.39. The second kappa shape index (κ2) is 7.01. The van der Waals surface area contributed by atoms with Gasteiger partial charge in [0.1, 0.15) is 5.70 Å². The van der Waals surface area contributed by atoms with Crippen LogP contribution in [0.15, 0.2) is 60.2 Å². The van der Waals surface area contributed by atoms with E-state index in [9.17, 15) is 13.2 Å². The van der Waals surface area contributed by atoms with Gasteiger partial charge in [0.15, 0.2) is 6.08 Å². The Bertz CT molecular complexity index is 1100. The normalized spacial score (nSPS) is 22.4. The molecule has 0 saturated carbocycles. The van der Waals surface area contributed by atoms with E-state index in [1.165, 1.54) is 36.4 Å². The van der Waals surface area contributed by atoms with Crippen molar-refractivity contribution in [3.63, 3.8) is 0 Å². The van der Waals surface area contributed by atoms with Crippen molar-refractivity contribution in [2.24, 2.45) is 5.73 Å². The number of carbonyl (C=O) groups is 1. The number of hydrogen-bond acceptors (Lipinski definition) is 6. The van der Waals surface area contributed by atoms with Gasteiger partial charge in [-0.15, -0.1) is 0 Å². The van der Waals surface area contributed by atoms with Crippen LogP contribution in [-0.2, 0) is 29.5 Å². The molecule has 1 atom stereocenters. The lowest BCUT2D eigenvalue weighted by molar-refractivity contribution is -0.123. The molecule has 1 heterocycles. The fraction of sp³-hybridized carbons (Fsp3) is 0.167. The number of nitrogens with two attached hydrogens (primary N) is 1. The number of aryl methyl sites for hydroxylation is 1. The topological polar surface area (TPSA) is 95.7 Å². The molecule has 0 bridgehead atoms. The molecule has 2 N–H and O–H groups in total. The van der Waals surface area contributed by atoms with Gasteiger partial charge in [0.05, 0.1) is 4.11 Å². The van der Waals surface area contributed by atoms with E-state index >= 15 is 0 Å². The van der Waals surface area contributed by atoms with Crippen LogP contribution in [0.25, 0.3) is 0 Å². The van der Waals surface area contributed by atoms with Gasteiger partial charge >= 0.3 is 10.1 Å². The van der Waals surface area contributed by atoms with Gasteiger partial charge in [-0.1, -0.05) is 53.6 Å². The van der Waals surface area contributed by atoms with Crippen LogP contribution >= 0.6 is 11.6 Å². The Balaban J connectivity index is 1.92. The number of ether oxygens (including phenoxy) is 1. The van der Waals surface area contributed by atoms with Crippen molar-refractivity contribution >= 4 is 27.5 Å². The summed E-state index contributed by atoms with van der Waals surface area (Å²) < 4.78 is 59.3. The zero-order valence-electron chi connectivity index (χ0n) is 16.5. The lowest BCUT2D eigenvalue weighted by Gasteiger charge is -2.10. The Morgan fingerprint density at radius 2 is 1.85 bits per heavy atom. The fourth-order valence-electron chi connectivity index (χ4n) is 2.18. The molecule has 8 heteroatoms. The van der Waals surface area contributed by atoms with Gasteiger partial charge in [-0.05, 0) is 24.6 Å². The van der Waals surface area contributed by atoms with Crippen LogP contribution in [0, 0.1) is 6.92 Å². The van der Waals surface area contributed by atoms with E-state index in [0.717, 1.165) is 5.56 Å². The second-order valence-corrected chi connectivity index (χ2v) is 7.18. The van der Waals surface area contributed by atoms with E-state index in [1.807, 2.05) is 6.92 Å². The molecular formula is C18H16ClNO5S. The number of halogens is 1. The molecule has 0 aliphatic carbocycles. The monoisotopic (exact) mass is 396 g/mol. The van der Waals surface area contributed by atoms with E-state index in [4.69, 9.17) is 30.4 Å². The molecule has 1 aliphatic heterocycles. The van der Waals surface area contributed by atoms with Crippen LogP contribution in [0.5, 0.6) is 0 Å². The van der Waals surface area contributed by atoms with E-state index in [2.05, 4.69) is 0 Å². The minimum atomic E-state index is -5.05. The number of benzene rings is 2. The summed E-state index contributed by atoms with van der Waals surface area (Å²) in [5, 5.41) is 0.284. The van der Waals surface area contributed by atoms with Crippen molar-refractivity contribution < 1.29 is 26.2 Å². The summed E-state index contributed by atoms with van der Waals surface area (Å²) in [7, 11) is -5.05. The second-order valence-electron chi connectivity index (χ2n) is 5.47. The summed E-state index contributed by atoms with van der Waals surface area (Å²) in [4.78, 5) is 12.7. The molecule has 0 fully saturated rings. The van der Waals surface area contributed by atoms with Gasteiger partial charge in [-0.25, -0.2) is 0 Å². The van der Waals surface area contributed by atoms with E-state index in [1.54, 1.807) is 12.1 Å². The molecule has 0 unspecified atom stereocenters.